The van der Waals surface area contributed by atoms with Crippen LogP contribution in [0.25, 0.3) is 0 Å². The predicted molar refractivity (Wildman–Crippen MR) is 94.4 cm³/mol. The summed E-state index contributed by atoms with van der Waals surface area (Å²) in [4.78, 5) is 28.5. The molecule has 1 aliphatic rings. The second-order valence-corrected chi connectivity index (χ2v) is 6.26. The molecule has 132 valence electrons. The Morgan fingerprint density at radius 2 is 1.84 bits per heavy atom. The van der Waals surface area contributed by atoms with Crippen LogP contribution >= 0.6 is 0 Å². The number of aryl methyl sites for hydroxylation is 1. The second kappa shape index (κ2) is 7.01. The fourth-order valence-electron chi connectivity index (χ4n) is 3.25. The van der Waals surface area contributed by atoms with Gasteiger partial charge in [0.2, 0.25) is 5.91 Å². The summed E-state index contributed by atoms with van der Waals surface area (Å²) in [6.45, 7) is 3.13. The highest BCUT2D eigenvalue weighted by atomic mass is 16.5. The molecule has 2 amide bonds. The smallest absolute Gasteiger partial charge is 0.271 e. The Kier molecular flexibility index (Phi) is 4.79. The van der Waals surface area contributed by atoms with Gasteiger partial charge < -0.3 is 19.1 Å². The first-order valence-corrected chi connectivity index (χ1v) is 8.33. The van der Waals surface area contributed by atoms with Gasteiger partial charge in [0.15, 0.2) is 0 Å². The molecule has 0 saturated carbocycles. The van der Waals surface area contributed by atoms with Gasteiger partial charge in [-0.1, -0.05) is 12.1 Å². The average molecular weight is 341 g/mol. The van der Waals surface area contributed by atoms with Crippen LogP contribution in [0, 0.1) is 0 Å². The van der Waals surface area contributed by atoms with Gasteiger partial charge in [-0.25, -0.2) is 0 Å². The minimum atomic E-state index is -0.175. The Morgan fingerprint density at radius 1 is 1.12 bits per heavy atom. The third-order valence-electron chi connectivity index (χ3n) is 4.75. The van der Waals surface area contributed by atoms with Gasteiger partial charge in [-0.05, 0) is 29.8 Å². The van der Waals surface area contributed by atoms with E-state index in [0.717, 1.165) is 11.3 Å². The van der Waals surface area contributed by atoms with E-state index in [-0.39, 0.29) is 17.9 Å². The molecule has 2 heterocycles. The molecule has 6 nitrogen and oxygen atoms in total. The van der Waals surface area contributed by atoms with Gasteiger partial charge in [0.25, 0.3) is 5.91 Å². The molecule has 0 unspecified atom stereocenters. The molecule has 1 saturated heterocycles. The summed E-state index contributed by atoms with van der Waals surface area (Å²) in [5.41, 5.74) is 1.64. The highest BCUT2D eigenvalue weighted by Gasteiger charge is 2.33. The van der Waals surface area contributed by atoms with E-state index in [1.54, 1.807) is 18.9 Å². The standard InChI is InChI=1S/C19H23N3O3/c1-14(23)21-11-12-22(19(24)17-5-4-10-20(17)2)18(13-21)15-6-8-16(25-3)9-7-15/h4-10,18H,11-13H2,1-3H3/t18-/m1/s1. The Bertz CT molecular complexity index is 766. The van der Waals surface area contributed by atoms with Crippen LogP contribution in [0.5, 0.6) is 5.75 Å². The highest BCUT2D eigenvalue weighted by molar-refractivity contribution is 5.93. The maximum Gasteiger partial charge on any atom is 0.271 e. The lowest BCUT2D eigenvalue weighted by Gasteiger charge is -2.41. The number of hydrogen-bond donors (Lipinski definition) is 0. The Morgan fingerprint density at radius 3 is 2.40 bits per heavy atom. The van der Waals surface area contributed by atoms with Crippen molar-refractivity contribution >= 4 is 11.8 Å². The van der Waals surface area contributed by atoms with Gasteiger partial charge in [0.1, 0.15) is 11.4 Å². The summed E-state index contributed by atoms with van der Waals surface area (Å²) in [6.07, 6.45) is 1.86. The minimum Gasteiger partial charge on any atom is -0.497 e. The van der Waals surface area contributed by atoms with Crippen molar-refractivity contribution in [3.05, 3.63) is 53.9 Å². The Balaban J connectivity index is 1.92. The third-order valence-corrected chi connectivity index (χ3v) is 4.75. The maximum atomic E-state index is 13.0. The third kappa shape index (κ3) is 3.38. The number of benzene rings is 1. The van der Waals surface area contributed by atoms with Crippen LogP contribution in [0.15, 0.2) is 42.6 Å². The molecule has 2 aromatic rings. The number of piperazine rings is 1. The van der Waals surface area contributed by atoms with E-state index in [1.807, 2.05) is 59.1 Å². The molecule has 0 radical (unpaired) electrons. The van der Waals surface area contributed by atoms with Crippen molar-refractivity contribution in [2.24, 2.45) is 7.05 Å². The number of rotatable bonds is 3. The quantitative estimate of drug-likeness (QED) is 0.859. The Labute approximate surface area is 147 Å². The number of amides is 2. The van der Waals surface area contributed by atoms with E-state index in [4.69, 9.17) is 4.74 Å². The molecular weight excluding hydrogens is 318 g/mol. The molecule has 25 heavy (non-hydrogen) atoms. The van der Waals surface area contributed by atoms with Crippen molar-refractivity contribution in [1.82, 2.24) is 14.4 Å². The van der Waals surface area contributed by atoms with E-state index in [0.29, 0.717) is 25.3 Å². The van der Waals surface area contributed by atoms with Crippen molar-refractivity contribution in [2.45, 2.75) is 13.0 Å². The first-order chi connectivity index (χ1) is 12.0. The van der Waals surface area contributed by atoms with Crippen molar-refractivity contribution in [2.75, 3.05) is 26.7 Å². The summed E-state index contributed by atoms with van der Waals surface area (Å²) in [6, 6.07) is 11.2. The van der Waals surface area contributed by atoms with Crippen LogP contribution in [0.2, 0.25) is 0 Å². The summed E-state index contributed by atoms with van der Waals surface area (Å²) in [5.74, 6) is 0.782. The molecule has 0 spiro atoms. The lowest BCUT2D eigenvalue weighted by Crippen LogP contribution is -2.52. The first-order valence-electron chi connectivity index (χ1n) is 8.33. The lowest BCUT2D eigenvalue weighted by molar-refractivity contribution is -0.131. The van der Waals surface area contributed by atoms with Gasteiger partial charge in [0, 0.05) is 39.8 Å². The minimum absolute atomic E-state index is 0.0171. The van der Waals surface area contributed by atoms with Crippen LogP contribution in [-0.2, 0) is 11.8 Å². The van der Waals surface area contributed by atoms with E-state index in [2.05, 4.69) is 0 Å². The van der Waals surface area contributed by atoms with Crippen LogP contribution < -0.4 is 4.74 Å². The van der Waals surface area contributed by atoms with Crippen LogP contribution in [0.1, 0.15) is 29.0 Å². The fourth-order valence-corrected chi connectivity index (χ4v) is 3.25. The SMILES string of the molecule is COc1ccc([C@H]2CN(C(C)=O)CCN2C(=O)c2cccn2C)cc1. The van der Waals surface area contributed by atoms with Gasteiger partial charge in [-0.3, -0.25) is 9.59 Å². The van der Waals surface area contributed by atoms with Gasteiger partial charge in [0.05, 0.1) is 13.2 Å². The van der Waals surface area contributed by atoms with Gasteiger partial charge in [-0.2, -0.15) is 0 Å². The van der Waals surface area contributed by atoms with Crippen molar-refractivity contribution in [3.63, 3.8) is 0 Å². The zero-order valence-electron chi connectivity index (χ0n) is 14.8. The summed E-state index contributed by atoms with van der Waals surface area (Å²) >= 11 is 0. The van der Waals surface area contributed by atoms with Crippen LogP contribution in [0.4, 0.5) is 0 Å². The molecule has 3 rings (SSSR count). The largest absolute Gasteiger partial charge is 0.497 e. The molecule has 6 heteroatoms. The number of carbonyl (C=O) groups excluding carboxylic acids is 2. The summed E-state index contributed by atoms with van der Waals surface area (Å²) < 4.78 is 7.04. The van der Waals surface area contributed by atoms with Crippen molar-refractivity contribution < 1.29 is 14.3 Å². The number of methoxy groups -OCH3 is 1. The lowest BCUT2D eigenvalue weighted by atomic mass is 10.0. The molecule has 1 aliphatic heterocycles. The predicted octanol–water partition coefficient (Wildman–Crippen LogP) is 2.08. The number of aromatic nitrogens is 1. The number of carbonyl (C=O) groups is 2. The molecule has 1 aromatic heterocycles. The fraction of sp³-hybridized carbons (Fsp3) is 0.368. The Hall–Kier alpha value is -2.76. The monoisotopic (exact) mass is 341 g/mol. The highest BCUT2D eigenvalue weighted by Crippen LogP contribution is 2.28. The van der Waals surface area contributed by atoms with E-state index in [9.17, 15) is 9.59 Å². The van der Waals surface area contributed by atoms with Gasteiger partial charge in [-0.15, -0.1) is 0 Å². The van der Waals surface area contributed by atoms with Crippen LogP contribution in [0.3, 0.4) is 0 Å². The number of ether oxygens (including phenoxy) is 1. The topological polar surface area (TPSA) is 54.8 Å². The number of hydrogen-bond acceptors (Lipinski definition) is 3. The molecule has 0 bridgehead atoms. The first kappa shape index (κ1) is 17.1. The maximum absolute atomic E-state index is 13.0. The zero-order valence-corrected chi connectivity index (χ0v) is 14.8. The molecule has 0 N–H and O–H groups in total. The van der Waals surface area contributed by atoms with Crippen LogP contribution in [-0.4, -0.2) is 52.9 Å². The summed E-state index contributed by atoms with van der Waals surface area (Å²) in [5, 5.41) is 0. The van der Waals surface area contributed by atoms with Gasteiger partial charge >= 0.3 is 0 Å². The van der Waals surface area contributed by atoms with Crippen molar-refractivity contribution in [3.8, 4) is 5.75 Å². The average Bonchev–Trinajstić information content (AvgIpc) is 3.06. The van der Waals surface area contributed by atoms with E-state index < -0.39 is 0 Å². The molecular formula is C19H23N3O3. The normalized spacial score (nSPS) is 17.5. The second-order valence-electron chi connectivity index (χ2n) is 6.26. The molecule has 1 aromatic carbocycles. The molecule has 1 atom stereocenters. The van der Waals surface area contributed by atoms with Crippen molar-refractivity contribution in [1.29, 1.82) is 0 Å². The number of nitrogens with zero attached hydrogens (tertiary/aromatic N) is 3. The molecule has 1 fully saturated rings. The van der Waals surface area contributed by atoms with E-state index in [1.165, 1.54) is 0 Å². The van der Waals surface area contributed by atoms with E-state index >= 15 is 0 Å². The summed E-state index contributed by atoms with van der Waals surface area (Å²) in [7, 11) is 3.49. The molecule has 0 aliphatic carbocycles. The zero-order chi connectivity index (χ0) is 18.0.